The number of rotatable bonds is 12. The number of hydrogen-bond acceptors (Lipinski definition) is 4. The van der Waals surface area contributed by atoms with E-state index in [4.69, 9.17) is 4.99 Å². The van der Waals surface area contributed by atoms with E-state index in [2.05, 4.69) is 135 Å². The first-order chi connectivity index (χ1) is 19.2. The van der Waals surface area contributed by atoms with Crippen LogP contribution in [0.2, 0.25) is 0 Å². The average molecular weight is 535 g/mol. The summed E-state index contributed by atoms with van der Waals surface area (Å²) in [4.78, 5) is 7.56. The number of anilines is 1. The first kappa shape index (κ1) is 29.2. The van der Waals surface area contributed by atoms with Gasteiger partial charge in [0.25, 0.3) is 0 Å². The van der Waals surface area contributed by atoms with Gasteiger partial charge in [0.05, 0.1) is 11.7 Å². The first-order valence-corrected chi connectivity index (χ1v) is 14.6. The summed E-state index contributed by atoms with van der Waals surface area (Å²) in [5.74, 6) is 0.911. The molecule has 1 atom stereocenters. The fourth-order valence-corrected chi connectivity index (χ4v) is 5.33. The van der Waals surface area contributed by atoms with Crippen LogP contribution in [0.4, 0.5) is 11.4 Å². The molecule has 1 aliphatic rings. The maximum absolute atomic E-state index is 5.11. The Morgan fingerprint density at radius 3 is 2.23 bits per heavy atom. The Labute approximate surface area is 241 Å². The number of hydrogen-bond donors (Lipinski definition) is 2. The molecule has 0 fully saturated rings. The molecule has 1 unspecified atom stereocenters. The van der Waals surface area contributed by atoms with Crippen LogP contribution in [0.3, 0.4) is 0 Å². The van der Waals surface area contributed by atoms with Crippen LogP contribution < -0.4 is 10.6 Å². The van der Waals surface area contributed by atoms with Gasteiger partial charge in [0.1, 0.15) is 0 Å². The van der Waals surface area contributed by atoms with Crippen LogP contribution in [0.25, 0.3) is 11.1 Å². The van der Waals surface area contributed by atoms with Crippen molar-refractivity contribution in [2.24, 2.45) is 10.4 Å². The molecule has 0 aliphatic carbocycles. The molecule has 0 spiro atoms. The number of fused-ring (bicyclic) bond motifs is 1. The molecule has 40 heavy (non-hydrogen) atoms. The molecule has 4 rings (SSSR count). The standard InChI is InChI=1S/C36H46N4/c1-27(2)25-34-32-17-11-12-18-33(32)39-35(38-31-21-19-30(20-22-31)29-15-9-7-10-16-29)40(34)24-14-8-13-23-37-28(3)26-36(4,5)6/h7,9-12,15-22,34,37H,1,3,8,13-14,23-26H2,2,4-6H3,(H,38,39). The zero-order chi connectivity index (χ0) is 28.5. The largest absolute Gasteiger partial charge is 0.389 e. The van der Waals surface area contributed by atoms with Gasteiger partial charge in [0.15, 0.2) is 0 Å². The van der Waals surface area contributed by atoms with Gasteiger partial charge in [-0.1, -0.05) is 93.6 Å². The second-order valence-corrected chi connectivity index (χ2v) is 12.3. The van der Waals surface area contributed by atoms with Crippen molar-refractivity contribution < 1.29 is 0 Å². The van der Waals surface area contributed by atoms with E-state index in [9.17, 15) is 0 Å². The number of benzene rings is 3. The quantitative estimate of drug-likeness (QED) is 0.179. The fourth-order valence-electron chi connectivity index (χ4n) is 5.33. The summed E-state index contributed by atoms with van der Waals surface area (Å²) in [5.41, 5.74) is 8.36. The minimum Gasteiger partial charge on any atom is -0.389 e. The van der Waals surface area contributed by atoms with Crippen molar-refractivity contribution in [3.8, 4) is 11.1 Å². The van der Waals surface area contributed by atoms with Crippen molar-refractivity contribution >= 4 is 17.3 Å². The lowest BCUT2D eigenvalue weighted by Crippen LogP contribution is -2.42. The summed E-state index contributed by atoms with van der Waals surface area (Å²) < 4.78 is 0. The average Bonchev–Trinajstić information content (AvgIpc) is 2.91. The molecular weight excluding hydrogens is 488 g/mol. The van der Waals surface area contributed by atoms with E-state index in [1.54, 1.807) is 0 Å². The first-order valence-electron chi connectivity index (χ1n) is 14.6. The molecule has 210 valence electrons. The van der Waals surface area contributed by atoms with E-state index >= 15 is 0 Å². The van der Waals surface area contributed by atoms with Gasteiger partial charge in [0.2, 0.25) is 5.96 Å². The smallest absolute Gasteiger partial charge is 0.204 e. The number of para-hydroxylation sites is 1. The van der Waals surface area contributed by atoms with E-state index < -0.39 is 0 Å². The Hall–Kier alpha value is -3.79. The monoisotopic (exact) mass is 534 g/mol. The Kier molecular flexibility index (Phi) is 9.87. The zero-order valence-corrected chi connectivity index (χ0v) is 24.8. The number of unbranched alkanes of at least 4 members (excludes halogenated alkanes) is 2. The van der Waals surface area contributed by atoms with E-state index in [1.807, 2.05) is 0 Å². The van der Waals surface area contributed by atoms with Crippen LogP contribution in [0.1, 0.15) is 71.4 Å². The summed E-state index contributed by atoms with van der Waals surface area (Å²) in [6.45, 7) is 19.3. The van der Waals surface area contributed by atoms with Crippen LogP contribution in [0, 0.1) is 5.41 Å². The van der Waals surface area contributed by atoms with Crippen LogP contribution >= 0.6 is 0 Å². The lowest BCUT2D eigenvalue weighted by Gasteiger charge is -2.39. The zero-order valence-electron chi connectivity index (χ0n) is 24.8. The summed E-state index contributed by atoms with van der Waals surface area (Å²) in [6, 6.07) is 27.9. The molecular formula is C36H46N4. The highest BCUT2D eigenvalue weighted by Crippen LogP contribution is 2.38. The summed E-state index contributed by atoms with van der Waals surface area (Å²) in [6.07, 6.45) is 5.27. The number of guanidine groups is 1. The minimum absolute atomic E-state index is 0.210. The highest BCUT2D eigenvalue weighted by molar-refractivity contribution is 5.97. The van der Waals surface area contributed by atoms with Crippen molar-refractivity contribution in [1.82, 2.24) is 10.2 Å². The van der Waals surface area contributed by atoms with Crippen LogP contribution in [-0.4, -0.2) is 23.9 Å². The minimum atomic E-state index is 0.210. The third-order valence-electron chi connectivity index (χ3n) is 7.15. The molecule has 0 radical (unpaired) electrons. The molecule has 3 aromatic rings. The van der Waals surface area contributed by atoms with Gasteiger partial charge in [-0.2, -0.15) is 0 Å². The molecule has 0 amide bonds. The number of aliphatic imine (C=N–C) groups is 1. The normalized spacial score (nSPS) is 14.8. The Morgan fingerprint density at radius 1 is 0.850 bits per heavy atom. The molecule has 1 heterocycles. The van der Waals surface area contributed by atoms with Crippen LogP contribution in [0.15, 0.2) is 108 Å². The van der Waals surface area contributed by atoms with E-state index in [1.165, 1.54) is 22.3 Å². The van der Waals surface area contributed by atoms with Gasteiger partial charge < -0.3 is 15.5 Å². The maximum Gasteiger partial charge on any atom is 0.204 e. The third-order valence-corrected chi connectivity index (χ3v) is 7.15. The third kappa shape index (κ3) is 8.35. The molecule has 4 heteroatoms. The van der Waals surface area contributed by atoms with Crippen LogP contribution in [-0.2, 0) is 0 Å². The SMILES string of the molecule is C=C(C)CC1c2ccccc2N=C(Nc2ccc(-c3ccccc3)cc2)N1CCCCCNC(=C)CC(C)(C)C. The van der Waals surface area contributed by atoms with Crippen molar-refractivity contribution in [1.29, 1.82) is 0 Å². The van der Waals surface area contributed by atoms with E-state index in [-0.39, 0.29) is 11.5 Å². The Balaban J connectivity index is 1.46. The lowest BCUT2D eigenvalue weighted by molar-refractivity contribution is 0.300. The number of nitrogens with one attached hydrogen (secondary N) is 2. The second-order valence-electron chi connectivity index (χ2n) is 12.3. The predicted molar refractivity (Wildman–Crippen MR) is 173 cm³/mol. The van der Waals surface area contributed by atoms with Gasteiger partial charge in [-0.3, -0.25) is 0 Å². The van der Waals surface area contributed by atoms with Crippen LogP contribution in [0.5, 0.6) is 0 Å². The second kappa shape index (κ2) is 13.5. The lowest BCUT2D eigenvalue weighted by atomic mass is 9.91. The number of nitrogens with zero attached hydrogens (tertiary/aromatic N) is 2. The molecule has 3 aromatic carbocycles. The topological polar surface area (TPSA) is 39.7 Å². The van der Waals surface area contributed by atoms with E-state index in [0.717, 1.165) is 68.2 Å². The van der Waals surface area contributed by atoms with Crippen molar-refractivity contribution in [2.45, 2.75) is 65.8 Å². The van der Waals surface area contributed by atoms with Gasteiger partial charge >= 0.3 is 0 Å². The van der Waals surface area contributed by atoms with Crippen molar-refractivity contribution in [3.63, 3.8) is 0 Å². The molecule has 2 N–H and O–H groups in total. The van der Waals surface area contributed by atoms with Gasteiger partial charge in [-0.15, -0.1) is 6.58 Å². The summed E-state index contributed by atoms with van der Waals surface area (Å²) in [5, 5.41) is 7.19. The molecule has 0 aromatic heterocycles. The van der Waals surface area contributed by atoms with Gasteiger partial charge in [0, 0.05) is 30.0 Å². The van der Waals surface area contributed by atoms with Crippen molar-refractivity contribution in [2.75, 3.05) is 18.4 Å². The maximum atomic E-state index is 5.11. The highest BCUT2D eigenvalue weighted by Gasteiger charge is 2.29. The Morgan fingerprint density at radius 2 is 1.52 bits per heavy atom. The van der Waals surface area contributed by atoms with Gasteiger partial charge in [-0.25, -0.2) is 4.99 Å². The molecule has 4 nitrogen and oxygen atoms in total. The summed E-state index contributed by atoms with van der Waals surface area (Å²) in [7, 11) is 0. The molecule has 0 bridgehead atoms. The Bertz CT molecular complexity index is 1300. The number of allylic oxidation sites excluding steroid dienone is 1. The van der Waals surface area contributed by atoms with E-state index in [0.29, 0.717) is 0 Å². The summed E-state index contributed by atoms with van der Waals surface area (Å²) >= 11 is 0. The fraction of sp³-hybridized carbons (Fsp3) is 0.361. The highest BCUT2D eigenvalue weighted by atomic mass is 15.3. The van der Waals surface area contributed by atoms with Gasteiger partial charge in [-0.05, 0) is 73.8 Å². The molecule has 0 saturated heterocycles. The predicted octanol–water partition coefficient (Wildman–Crippen LogP) is 9.49. The van der Waals surface area contributed by atoms with Crippen molar-refractivity contribution in [3.05, 3.63) is 109 Å². The molecule has 0 saturated carbocycles. The molecule has 1 aliphatic heterocycles.